The lowest BCUT2D eigenvalue weighted by atomic mass is 9.99. The minimum absolute atomic E-state index is 0.961. The van der Waals surface area contributed by atoms with Gasteiger partial charge in [-0.3, -0.25) is 0 Å². The molecule has 0 N–H and O–H groups in total. The summed E-state index contributed by atoms with van der Waals surface area (Å²) >= 11 is 0. The second-order valence-electron chi connectivity index (χ2n) is 6.20. The fourth-order valence-electron chi connectivity index (χ4n) is 2.85. The van der Waals surface area contributed by atoms with Crippen LogP contribution in [0.25, 0.3) is 28.0 Å². The normalized spacial score (nSPS) is 11.1. The molecule has 0 aliphatic rings. The first-order valence-electron chi connectivity index (χ1n) is 9.81. The maximum absolute atomic E-state index is 4.92. The van der Waals surface area contributed by atoms with Crippen molar-refractivity contribution in [1.29, 1.82) is 0 Å². The maximum atomic E-state index is 4.92. The smallest absolute Gasteiger partial charge is 0.0715 e. The van der Waals surface area contributed by atoms with Crippen molar-refractivity contribution < 1.29 is 0 Å². The molecule has 1 aromatic heterocycles. The van der Waals surface area contributed by atoms with Crippen molar-refractivity contribution in [3.63, 3.8) is 0 Å². The molecule has 142 valence electrons. The van der Waals surface area contributed by atoms with Gasteiger partial charge in [0, 0.05) is 5.56 Å². The van der Waals surface area contributed by atoms with Crippen LogP contribution in [0.15, 0.2) is 97.6 Å². The van der Waals surface area contributed by atoms with E-state index in [0.717, 1.165) is 22.5 Å². The van der Waals surface area contributed by atoms with Gasteiger partial charge in [0.15, 0.2) is 0 Å². The Morgan fingerprint density at radius 2 is 1.54 bits per heavy atom. The molecular weight excluding hydrogens is 338 g/mol. The highest BCUT2D eigenvalue weighted by molar-refractivity contribution is 5.79. The van der Waals surface area contributed by atoms with Gasteiger partial charge in [-0.15, -0.1) is 0 Å². The summed E-state index contributed by atoms with van der Waals surface area (Å²) in [6.45, 7) is 11.9. The van der Waals surface area contributed by atoms with Gasteiger partial charge in [-0.05, 0) is 42.7 Å². The number of nitrogens with zero attached hydrogens (tertiary/aromatic N) is 1. The van der Waals surface area contributed by atoms with Gasteiger partial charge >= 0.3 is 0 Å². The zero-order chi connectivity index (χ0) is 20.4. The van der Waals surface area contributed by atoms with E-state index in [9.17, 15) is 0 Å². The summed E-state index contributed by atoms with van der Waals surface area (Å²) < 4.78 is 0. The molecule has 0 amide bonds. The van der Waals surface area contributed by atoms with Crippen LogP contribution in [0.3, 0.4) is 0 Å². The topological polar surface area (TPSA) is 12.9 Å². The van der Waals surface area contributed by atoms with Crippen molar-refractivity contribution in [2.24, 2.45) is 0 Å². The van der Waals surface area contributed by atoms with Crippen LogP contribution in [0, 0.1) is 6.92 Å². The Hall–Kier alpha value is -3.19. The Balaban J connectivity index is 0.00000136. The van der Waals surface area contributed by atoms with Gasteiger partial charge in [-0.2, -0.15) is 0 Å². The van der Waals surface area contributed by atoms with Crippen LogP contribution in [0.5, 0.6) is 0 Å². The van der Waals surface area contributed by atoms with E-state index >= 15 is 0 Å². The third-order valence-corrected chi connectivity index (χ3v) is 4.30. The summed E-state index contributed by atoms with van der Waals surface area (Å²) in [6, 6.07) is 23.2. The summed E-state index contributed by atoms with van der Waals surface area (Å²) in [5.74, 6) is 0. The van der Waals surface area contributed by atoms with Gasteiger partial charge in [0.05, 0.1) is 11.4 Å². The zero-order valence-electron chi connectivity index (χ0n) is 17.3. The number of pyridine rings is 1. The molecule has 1 nitrogen and oxygen atoms in total. The third kappa shape index (κ3) is 5.40. The van der Waals surface area contributed by atoms with Crippen molar-refractivity contribution in [3.05, 3.63) is 109 Å². The fourth-order valence-corrected chi connectivity index (χ4v) is 2.85. The van der Waals surface area contributed by atoms with Crippen molar-refractivity contribution in [2.75, 3.05) is 0 Å². The van der Waals surface area contributed by atoms with Crippen LogP contribution in [0.4, 0.5) is 0 Å². The van der Waals surface area contributed by atoms with Gasteiger partial charge in [0.25, 0.3) is 0 Å². The Kier molecular flexibility index (Phi) is 8.17. The summed E-state index contributed by atoms with van der Waals surface area (Å²) in [7, 11) is 0. The molecule has 0 radical (unpaired) electrons. The lowest BCUT2D eigenvalue weighted by Gasteiger charge is -2.11. The Labute approximate surface area is 169 Å². The molecule has 3 aromatic rings. The monoisotopic (exact) mass is 367 g/mol. The van der Waals surface area contributed by atoms with Crippen molar-refractivity contribution in [1.82, 2.24) is 4.98 Å². The standard InChI is InChI=1S/C25H23N.C2H6/c1-4-6-10-20(5-2)24-17-23(21-15-13-19(3)14-16-21)18-25(26-24)22-11-8-7-9-12-22;1-2/h4-18H,1H2,2-3H3;1-2H3/b10-6-,20-5+;. The number of benzene rings is 2. The molecule has 0 bridgehead atoms. The highest BCUT2D eigenvalue weighted by Gasteiger charge is 2.09. The molecule has 0 aliphatic heterocycles. The molecule has 0 spiro atoms. The molecule has 0 aliphatic carbocycles. The number of hydrogen-bond donors (Lipinski definition) is 0. The average Bonchev–Trinajstić information content (AvgIpc) is 2.76. The Morgan fingerprint density at radius 1 is 0.857 bits per heavy atom. The second-order valence-corrected chi connectivity index (χ2v) is 6.20. The summed E-state index contributed by atoms with van der Waals surface area (Å²) in [4.78, 5) is 4.92. The second kappa shape index (κ2) is 10.8. The zero-order valence-corrected chi connectivity index (χ0v) is 17.3. The average molecular weight is 368 g/mol. The predicted octanol–water partition coefficient (Wildman–Crippen LogP) is 7.90. The predicted molar refractivity (Wildman–Crippen MR) is 124 cm³/mol. The first-order chi connectivity index (χ1) is 13.7. The lowest BCUT2D eigenvalue weighted by molar-refractivity contribution is 1.28. The van der Waals surface area contributed by atoms with Gasteiger partial charge in [0.1, 0.15) is 0 Å². The Bertz CT molecular complexity index is 945. The van der Waals surface area contributed by atoms with E-state index in [1.165, 1.54) is 16.7 Å². The maximum Gasteiger partial charge on any atom is 0.0715 e. The summed E-state index contributed by atoms with van der Waals surface area (Å²) in [5.41, 5.74) is 7.75. The van der Waals surface area contributed by atoms with Gasteiger partial charge in [-0.1, -0.05) is 105 Å². The van der Waals surface area contributed by atoms with Crippen LogP contribution in [0.2, 0.25) is 0 Å². The summed E-state index contributed by atoms with van der Waals surface area (Å²) in [5, 5.41) is 0. The molecule has 1 heterocycles. The lowest BCUT2D eigenvalue weighted by Crippen LogP contribution is -1.93. The molecule has 0 fully saturated rings. The third-order valence-electron chi connectivity index (χ3n) is 4.30. The number of hydrogen-bond acceptors (Lipinski definition) is 1. The first-order valence-corrected chi connectivity index (χ1v) is 9.81. The van der Waals surface area contributed by atoms with Crippen LogP contribution in [-0.4, -0.2) is 4.98 Å². The van der Waals surface area contributed by atoms with Crippen LogP contribution >= 0.6 is 0 Å². The highest BCUT2D eigenvalue weighted by Crippen LogP contribution is 2.29. The number of aromatic nitrogens is 1. The van der Waals surface area contributed by atoms with E-state index in [1.54, 1.807) is 6.08 Å². The molecule has 28 heavy (non-hydrogen) atoms. The molecule has 1 heteroatoms. The molecule has 3 rings (SSSR count). The van der Waals surface area contributed by atoms with Gasteiger partial charge < -0.3 is 0 Å². The van der Waals surface area contributed by atoms with Gasteiger partial charge in [-0.25, -0.2) is 4.98 Å². The van der Waals surface area contributed by atoms with E-state index < -0.39 is 0 Å². The van der Waals surface area contributed by atoms with Gasteiger partial charge in [0.2, 0.25) is 0 Å². The van der Waals surface area contributed by atoms with Crippen molar-refractivity contribution in [3.8, 4) is 22.4 Å². The van der Waals surface area contributed by atoms with Crippen molar-refractivity contribution >= 4 is 5.57 Å². The summed E-state index contributed by atoms with van der Waals surface area (Å²) in [6.07, 6.45) is 7.85. The highest BCUT2D eigenvalue weighted by atomic mass is 14.7. The van der Waals surface area contributed by atoms with Crippen molar-refractivity contribution in [2.45, 2.75) is 27.7 Å². The van der Waals surface area contributed by atoms with E-state index in [4.69, 9.17) is 4.98 Å². The van der Waals surface area contributed by atoms with Crippen LogP contribution < -0.4 is 0 Å². The molecule has 0 saturated heterocycles. The van der Waals surface area contributed by atoms with Crippen LogP contribution in [-0.2, 0) is 0 Å². The first kappa shape index (κ1) is 21.1. The fraction of sp³-hybridized carbons (Fsp3) is 0.148. The molecule has 0 unspecified atom stereocenters. The van der Waals surface area contributed by atoms with E-state index in [-0.39, 0.29) is 0 Å². The number of aryl methyl sites for hydroxylation is 1. The SMILES string of the molecule is C=C/C=C\C(=C/C)c1cc(-c2ccc(C)cc2)cc(-c2ccccc2)n1.CC. The minimum Gasteiger partial charge on any atom is -0.248 e. The minimum atomic E-state index is 0.961. The molecule has 0 atom stereocenters. The van der Waals surface area contributed by atoms with E-state index in [0.29, 0.717) is 0 Å². The quantitative estimate of drug-likeness (QED) is 0.418. The largest absolute Gasteiger partial charge is 0.248 e. The van der Waals surface area contributed by atoms with E-state index in [2.05, 4.69) is 68.1 Å². The molecular formula is C27H29N. The van der Waals surface area contributed by atoms with Crippen LogP contribution in [0.1, 0.15) is 32.0 Å². The Morgan fingerprint density at radius 3 is 2.14 bits per heavy atom. The number of allylic oxidation sites excluding steroid dienone is 5. The molecule has 2 aromatic carbocycles. The molecule has 0 saturated carbocycles. The number of rotatable bonds is 5. The van der Waals surface area contributed by atoms with E-state index in [1.807, 2.05) is 51.1 Å².